The summed E-state index contributed by atoms with van der Waals surface area (Å²) in [5.41, 5.74) is 2.26. The van der Waals surface area contributed by atoms with E-state index in [0.717, 1.165) is 24.8 Å². The van der Waals surface area contributed by atoms with Gasteiger partial charge in [-0.25, -0.2) is 9.78 Å². The van der Waals surface area contributed by atoms with E-state index >= 15 is 0 Å². The van der Waals surface area contributed by atoms with Crippen LogP contribution in [0.3, 0.4) is 0 Å². The van der Waals surface area contributed by atoms with Gasteiger partial charge in [0.05, 0.1) is 12.6 Å². The van der Waals surface area contributed by atoms with Crippen LogP contribution >= 0.6 is 0 Å². The number of hydrogen-bond acceptors (Lipinski definition) is 6. The minimum Gasteiger partial charge on any atom is -0.494 e. The van der Waals surface area contributed by atoms with E-state index in [-0.39, 0.29) is 18.1 Å². The molecular formula is C22H24N4O5. The van der Waals surface area contributed by atoms with Crippen molar-refractivity contribution < 1.29 is 18.7 Å². The lowest BCUT2D eigenvalue weighted by molar-refractivity contribution is -0.132. The minimum absolute atomic E-state index is 0.101. The molecule has 1 aliphatic heterocycles. The number of benzene rings is 1. The molecule has 9 heteroatoms. The molecule has 4 rings (SSSR count). The number of nitrogens with one attached hydrogen (secondary N) is 1. The summed E-state index contributed by atoms with van der Waals surface area (Å²) < 4.78 is 11.8. The van der Waals surface area contributed by atoms with Gasteiger partial charge in [-0.1, -0.05) is 0 Å². The second kappa shape index (κ2) is 8.63. The number of amides is 2. The molecule has 162 valence electrons. The second-order valence-corrected chi connectivity index (χ2v) is 7.60. The van der Waals surface area contributed by atoms with Crippen molar-refractivity contribution in [3.63, 3.8) is 0 Å². The molecule has 0 aliphatic carbocycles. The summed E-state index contributed by atoms with van der Waals surface area (Å²) >= 11 is 0. The largest absolute Gasteiger partial charge is 0.494 e. The Labute approximate surface area is 178 Å². The first-order chi connectivity index (χ1) is 15.0. The number of rotatable bonds is 5. The summed E-state index contributed by atoms with van der Waals surface area (Å²) in [5.74, 6) is -0.804. The van der Waals surface area contributed by atoms with Crippen LogP contribution in [0.15, 0.2) is 39.7 Å². The lowest BCUT2D eigenvalue weighted by atomic mass is 10.1. The maximum atomic E-state index is 12.7. The van der Waals surface area contributed by atoms with E-state index in [2.05, 4.69) is 10.3 Å². The van der Waals surface area contributed by atoms with E-state index in [1.165, 1.54) is 11.7 Å². The fourth-order valence-electron chi connectivity index (χ4n) is 3.73. The number of methoxy groups -OCH3 is 1. The molecule has 0 radical (unpaired) electrons. The van der Waals surface area contributed by atoms with E-state index in [0.29, 0.717) is 35.6 Å². The number of likely N-dealkylation sites (tertiary alicyclic amines) is 1. The van der Waals surface area contributed by atoms with Crippen LogP contribution in [0.5, 0.6) is 5.75 Å². The molecule has 1 saturated heterocycles. The Balaban J connectivity index is 1.59. The predicted octanol–water partition coefficient (Wildman–Crippen LogP) is 2.57. The molecule has 0 spiro atoms. The molecule has 3 aromatic rings. The first kappa shape index (κ1) is 20.6. The van der Waals surface area contributed by atoms with Crippen LogP contribution in [-0.2, 0) is 11.3 Å². The number of fused-ring (bicyclic) bond motifs is 1. The van der Waals surface area contributed by atoms with Crippen LogP contribution in [0.1, 0.15) is 35.3 Å². The van der Waals surface area contributed by atoms with Crippen molar-refractivity contribution >= 4 is 28.6 Å². The van der Waals surface area contributed by atoms with E-state index in [1.807, 2.05) is 6.92 Å². The van der Waals surface area contributed by atoms with Crippen LogP contribution in [0.2, 0.25) is 0 Å². The van der Waals surface area contributed by atoms with Gasteiger partial charge >= 0.3 is 5.76 Å². The highest BCUT2D eigenvalue weighted by atomic mass is 16.5. The topological polar surface area (TPSA) is 107 Å². The van der Waals surface area contributed by atoms with Crippen molar-refractivity contribution in [1.29, 1.82) is 0 Å². The summed E-state index contributed by atoms with van der Waals surface area (Å²) in [6.07, 6.45) is 4.64. The van der Waals surface area contributed by atoms with Gasteiger partial charge in [-0.2, -0.15) is 0 Å². The summed E-state index contributed by atoms with van der Waals surface area (Å²) in [7, 11) is 1.48. The van der Waals surface area contributed by atoms with Gasteiger partial charge in [-0.05, 0) is 56.0 Å². The Morgan fingerprint density at radius 3 is 2.71 bits per heavy atom. The quantitative estimate of drug-likeness (QED) is 0.675. The van der Waals surface area contributed by atoms with E-state index in [9.17, 15) is 14.4 Å². The fourth-order valence-corrected chi connectivity index (χ4v) is 3.73. The Kier molecular flexibility index (Phi) is 5.75. The predicted molar refractivity (Wildman–Crippen MR) is 114 cm³/mol. The highest BCUT2D eigenvalue weighted by Crippen LogP contribution is 2.22. The maximum absolute atomic E-state index is 12.7. The Hall–Kier alpha value is -3.62. The molecule has 1 fully saturated rings. The van der Waals surface area contributed by atoms with E-state index < -0.39 is 11.7 Å². The number of carbonyl (C=O) groups excluding carboxylic acids is 2. The van der Waals surface area contributed by atoms with E-state index in [4.69, 9.17) is 9.15 Å². The normalized spacial score (nSPS) is 13.9. The highest BCUT2D eigenvalue weighted by molar-refractivity contribution is 6.05. The van der Waals surface area contributed by atoms with Gasteiger partial charge in [0, 0.05) is 25.0 Å². The number of aromatic nitrogens is 2. The Bertz CT molecular complexity index is 1190. The maximum Gasteiger partial charge on any atom is 0.420 e. The molecule has 0 bridgehead atoms. The van der Waals surface area contributed by atoms with Gasteiger partial charge in [0.15, 0.2) is 11.3 Å². The van der Waals surface area contributed by atoms with Crippen molar-refractivity contribution in [3.8, 4) is 5.75 Å². The van der Waals surface area contributed by atoms with Crippen LogP contribution in [0.25, 0.3) is 11.1 Å². The van der Waals surface area contributed by atoms with Crippen molar-refractivity contribution in [3.05, 3.63) is 52.3 Å². The monoisotopic (exact) mass is 424 g/mol. The molecule has 0 saturated carbocycles. The highest BCUT2D eigenvalue weighted by Gasteiger charge is 2.20. The van der Waals surface area contributed by atoms with Gasteiger partial charge in [0.2, 0.25) is 5.91 Å². The Morgan fingerprint density at radius 1 is 1.19 bits per heavy atom. The summed E-state index contributed by atoms with van der Waals surface area (Å²) in [4.78, 5) is 43.6. The molecule has 31 heavy (non-hydrogen) atoms. The Morgan fingerprint density at radius 2 is 1.97 bits per heavy atom. The number of aryl methyl sites for hydroxylation is 1. The van der Waals surface area contributed by atoms with Crippen LogP contribution in [-0.4, -0.2) is 46.5 Å². The van der Waals surface area contributed by atoms with Gasteiger partial charge in [-0.15, -0.1) is 0 Å². The van der Waals surface area contributed by atoms with Gasteiger partial charge in [0.25, 0.3) is 5.91 Å². The first-order valence-corrected chi connectivity index (χ1v) is 10.2. The van der Waals surface area contributed by atoms with Crippen LogP contribution in [0, 0.1) is 6.92 Å². The average Bonchev–Trinajstić information content (AvgIpc) is 3.08. The molecule has 9 nitrogen and oxygen atoms in total. The van der Waals surface area contributed by atoms with Crippen molar-refractivity contribution in [2.45, 2.75) is 32.7 Å². The van der Waals surface area contributed by atoms with Crippen molar-refractivity contribution in [2.75, 3.05) is 25.5 Å². The molecule has 2 amide bonds. The van der Waals surface area contributed by atoms with Crippen LogP contribution < -0.4 is 15.8 Å². The van der Waals surface area contributed by atoms with E-state index in [1.54, 1.807) is 35.4 Å². The molecule has 1 aromatic carbocycles. The number of piperidine rings is 1. The second-order valence-electron chi connectivity index (χ2n) is 7.60. The number of anilines is 1. The summed E-state index contributed by atoms with van der Waals surface area (Å²) in [5, 5.41) is 2.76. The molecule has 0 atom stereocenters. The number of carbonyl (C=O) groups is 2. The molecule has 3 heterocycles. The minimum atomic E-state index is -0.606. The zero-order valence-electron chi connectivity index (χ0n) is 17.5. The smallest absolute Gasteiger partial charge is 0.420 e. The number of nitrogens with zero attached hydrogens (tertiary/aromatic N) is 3. The number of pyridine rings is 1. The lowest BCUT2D eigenvalue weighted by Gasteiger charge is -2.26. The average molecular weight is 424 g/mol. The van der Waals surface area contributed by atoms with Gasteiger partial charge in [0.1, 0.15) is 12.3 Å². The number of hydrogen-bond donors (Lipinski definition) is 1. The number of ether oxygens (including phenoxy) is 1. The molecular weight excluding hydrogens is 400 g/mol. The standard InChI is InChI=1S/C22H24N4O5/c1-14-10-18(30-2)20(23-12-14)21(28)24-15-6-7-17-16(11-15)26(22(29)31-17)13-19(27)25-8-4-3-5-9-25/h6-7,10-12H,3-5,8-9,13H2,1-2H3,(H,24,28). The lowest BCUT2D eigenvalue weighted by Crippen LogP contribution is -2.39. The third-order valence-corrected chi connectivity index (χ3v) is 5.35. The van der Waals surface area contributed by atoms with Crippen molar-refractivity contribution in [2.24, 2.45) is 0 Å². The van der Waals surface area contributed by atoms with Gasteiger partial charge < -0.3 is 19.4 Å². The molecule has 2 aromatic heterocycles. The number of oxazole rings is 1. The molecule has 1 aliphatic rings. The third kappa shape index (κ3) is 4.30. The third-order valence-electron chi connectivity index (χ3n) is 5.35. The molecule has 0 unspecified atom stereocenters. The SMILES string of the molecule is COc1cc(C)cnc1C(=O)Nc1ccc2oc(=O)n(CC(=O)N3CCCCC3)c2c1. The summed E-state index contributed by atoms with van der Waals surface area (Å²) in [6.45, 7) is 3.16. The molecule has 1 N–H and O–H groups in total. The zero-order valence-corrected chi connectivity index (χ0v) is 17.5. The van der Waals surface area contributed by atoms with Crippen LogP contribution in [0.4, 0.5) is 5.69 Å². The fraction of sp³-hybridized carbons (Fsp3) is 0.364. The zero-order chi connectivity index (χ0) is 22.0. The van der Waals surface area contributed by atoms with Gasteiger partial charge in [-0.3, -0.25) is 14.2 Å². The van der Waals surface area contributed by atoms with Crippen molar-refractivity contribution in [1.82, 2.24) is 14.5 Å². The summed E-state index contributed by atoms with van der Waals surface area (Å²) in [6, 6.07) is 6.56. The first-order valence-electron chi connectivity index (χ1n) is 10.2.